The Kier molecular flexibility index (Phi) is 3.97. The fourth-order valence-corrected chi connectivity index (χ4v) is 3.74. The molecule has 0 saturated carbocycles. The van der Waals surface area contributed by atoms with Crippen molar-refractivity contribution in [3.63, 3.8) is 0 Å². The molecule has 3 heterocycles. The average Bonchev–Trinajstić information content (AvgIpc) is 2.97. The first-order chi connectivity index (χ1) is 11.7. The van der Waals surface area contributed by atoms with Crippen molar-refractivity contribution >= 4 is 27.7 Å². The predicted octanol–water partition coefficient (Wildman–Crippen LogP) is 3.91. The minimum absolute atomic E-state index is 0.266. The van der Waals surface area contributed by atoms with E-state index in [0.29, 0.717) is 18.8 Å². The summed E-state index contributed by atoms with van der Waals surface area (Å²) in [5, 5.41) is 2.40. The maximum atomic E-state index is 12.4. The molecule has 4 nitrogen and oxygen atoms in total. The summed E-state index contributed by atoms with van der Waals surface area (Å²) in [6, 6.07) is 10.4. The van der Waals surface area contributed by atoms with E-state index < -0.39 is 0 Å². The Labute approximate surface area is 141 Å². The number of hydrogen-bond donors (Lipinski definition) is 1. The highest BCUT2D eigenvalue weighted by Crippen LogP contribution is 2.25. The van der Waals surface area contributed by atoms with E-state index in [-0.39, 0.29) is 5.91 Å². The van der Waals surface area contributed by atoms with Crippen LogP contribution in [0.3, 0.4) is 0 Å². The predicted molar refractivity (Wildman–Crippen MR) is 96.9 cm³/mol. The van der Waals surface area contributed by atoms with Gasteiger partial charge in [-0.05, 0) is 37.3 Å². The summed E-state index contributed by atoms with van der Waals surface area (Å²) in [5.41, 5.74) is 3.17. The van der Waals surface area contributed by atoms with Gasteiger partial charge in [0.15, 0.2) is 0 Å². The number of aromatic nitrogens is 2. The molecule has 24 heavy (non-hydrogen) atoms. The van der Waals surface area contributed by atoms with Crippen LogP contribution >= 0.6 is 0 Å². The first-order valence-corrected chi connectivity index (χ1v) is 8.84. The molecule has 1 N–H and O–H groups in total. The highest BCUT2D eigenvalue weighted by molar-refractivity contribution is 6.06. The Hall–Kier alpha value is -2.36. The zero-order chi connectivity index (χ0) is 16.5. The van der Waals surface area contributed by atoms with Crippen LogP contribution in [-0.4, -0.2) is 33.9 Å². The lowest BCUT2D eigenvalue weighted by atomic mass is 10.00. The molecule has 1 saturated heterocycles. The van der Waals surface area contributed by atoms with Gasteiger partial charge in [-0.3, -0.25) is 9.78 Å². The van der Waals surface area contributed by atoms with Gasteiger partial charge in [0, 0.05) is 41.5 Å². The number of amides is 1. The van der Waals surface area contributed by atoms with Gasteiger partial charge in [0.25, 0.3) is 0 Å². The van der Waals surface area contributed by atoms with E-state index in [1.165, 1.54) is 17.2 Å². The second-order valence-corrected chi connectivity index (χ2v) is 6.98. The number of rotatable bonds is 3. The van der Waals surface area contributed by atoms with Crippen LogP contribution in [-0.2, 0) is 11.2 Å². The summed E-state index contributed by atoms with van der Waals surface area (Å²) < 4.78 is 0. The van der Waals surface area contributed by atoms with Gasteiger partial charge in [0.2, 0.25) is 5.91 Å². The fourth-order valence-electron chi connectivity index (χ4n) is 3.74. The van der Waals surface area contributed by atoms with E-state index in [1.54, 1.807) is 0 Å². The van der Waals surface area contributed by atoms with Crippen LogP contribution in [0.2, 0.25) is 0 Å². The average molecular weight is 321 g/mol. The summed E-state index contributed by atoms with van der Waals surface area (Å²) in [6.07, 6.45) is 5.51. The summed E-state index contributed by atoms with van der Waals surface area (Å²) >= 11 is 0. The van der Waals surface area contributed by atoms with Gasteiger partial charge in [0.1, 0.15) is 0 Å². The number of carbonyl (C=O) groups excluding carboxylic acids is 1. The number of nitrogens with one attached hydrogen (secondary N) is 1. The van der Waals surface area contributed by atoms with Crippen LogP contribution in [0.15, 0.2) is 36.5 Å². The second-order valence-electron chi connectivity index (χ2n) is 6.98. The smallest absolute Gasteiger partial charge is 0.222 e. The third-order valence-corrected chi connectivity index (χ3v) is 5.05. The molecule has 0 spiro atoms. The fraction of sp³-hybridized carbons (Fsp3) is 0.400. The summed E-state index contributed by atoms with van der Waals surface area (Å²) in [4.78, 5) is 22.4. The lowest BCUT2D eigenvalue weighted by Crippen LogP contribution is -2.39. The zero-order valence-corrected chi connectivity index (χ0v) is 14.1. The van der Waals surface area contributed by atoms with Crippen molar-refractivity contribution in [1.29, 1.82) is 0 Å². The number of nitrogens with zero attached hydrogens (tertiary/aromatic N) is 2. The zero-order valence-electron chi connectivity index (χ0n) is 14.1. The van der Waals surface area contributed by atoms with E-state index in [0.717, 1.165) is 36.2 Å². The van der Waals surface area contributed by atoms with Gasteiger partial charge < -0.3 is 9.88 Å². The molecule has 4 heteroatoms. The Balaban J connectivity index is 1.50. The molecular weight excluding hydrogens is 298 g/mol. The Bertz CT molecular complexity index is 883. The van der Waals surface area contributed by atoms with E-state index in [4.69, 9.17) is 0 Å². The summed E-state index contributed by atoms with van der Waals surface area (Å²) in [7, 11) is 0. The van der Waals surface area contributed by atoms with Crippen LogP contribution in [0, 0.1) is 5.92 Å². The lowest BCUT2D eigenvalue weighted by molar-refractivity contribution is -0.132. The number of pyridine rings is 1. The quantitative estimate of drug-likeness (QED) is 0.795. The number of fused-ring (bicyclic) bond motifs is 3. The molecule has 1 unspecified atom stereocenters. The maximum Gasteiger partial charge on any atom is 0.222 e. The molecule has 1 aliphatic heterocycles. The molecule has 3 aromatic rings. The largest absolute Gasteiger partial charge is 0.353 e. The molecule has 2 aromatic heterocycles. The van der Waals surface area contributed by atoms with Gasteiger partial charge in [-0.2, -0.15) is 0 Å². The number of benzene rings is 1. The monoisotopic (exact) mass is 321 g/mol. The third kappa shape index (κ3) is 2.88. The Morgan fingerprint density at radius 3 is 3.04 bits per heavy atom. The molecule has 1 aromatic carbocycles. The third-order valence-electron chi connectivity index (χ3n) is 5.05. The maximum absolute atomic E-state index is 12.4. The minimum atomic E-state index is 0.266. The van der Waals surface area contributed by atoms with Gasteiger partial charge in [-0.1, -0.05) is 25.1 Å². The van der Waals surface area contributed by atoms with Crippen LogP contribution in [0.25, 0.3) is 21.8 Å². The molecule has 1 aliphatic rings. The summed E-state index contributed by atoms with van der Waals surface area (Å²) in [5.74, 6) is 0.894. The number of piperidine rings is 1. The Morgan fingerprint density at radius 2 is 2.17 bits per heavy atom. The Morgan fingerprint density at radius 1 is 1.29 bits per heavy atom. The molecule has 0 radical (unpaired) electrons. The van der Waals surface area contributed by atoms with Gasteiger partial charge in [0.05, 0.1) is 11.7 Å². The highest BCUT2D eigenvalue weighted by Gasteiger charge is 2.20. The molecule has 0 bridgehead atoms. The number of aryl methyl sites for hydroxylation is 1. The molecular formula is C20H23N3O. The van der Waals surface area contributed by atoms with Crippen molar-refractivity contribution < 1.29 is 4.79 Å². The van der Waals surface area contributed by atoms with Crippen LogP contribution in [0.5, 0.6) is 0 Å². The molecule has 0 aliphatic carbocycles. The molecule has 124 valence electrons. The summed E-state index contributed by atoms with van der Waals surface area (Å²) in [6.45, 7) is 4.05. The first-order valence-electron chi connectivity index (χ1n) is 8.84. The number of carbonyl (C=O) groups is 1. The van der Waals surface area contributed by atoms with E-state index in [2.05, 4.69) is 41.2 Å². The highest BCUT2D eigenvalue weighted by atomic mass is 16.2. The van der Waals surface area contributed by atoms with E-state index in [1.807, 2.05) is 17.2 Å². The minimum Gasteiger partial charge on any atom is -0.353 e. The lowest BCUT2D eigenvalue weighted by Gasteiger charge is -2.31. The normalized spacial score (nSPS) is 18.4. The van der Waals surface area contributed by atoms with Crippen molar-refractivity contribution in [1.82, 2.24) is 14.9 Å². The van der Waals surface area contributed by atoms with Gasteiger partial charge >= 0.3 is 0 Å². The first kappa shape index (κ1) is 15.2. The van der Waals surface area contributed by atoms with Crippen LogP contribution in [0.4, 0.5) is 0 Å². The topological polar surface area (TPSA) is 49.0 Å². The number of aromatic amines is 1. The number of likely N-dealkylation sites (tertiary alicyclic amines) is 1. The second kappa shape index (κ2) is 6.27. The van der Waals surface area contributed by atoms with Crippen molar-refractivity contribution in [3.8, 4) is 0 Å². The molecule has 1 amide bonds. The number of H-pyrrole nitrogens is 1. The SMILES string of the molecule is CC1CCCN(C(=O)CCc2cc3c(cn2)[nH]c2ccccc23)C1. The molecule has 4 rings (SSSR count). The van der Waals surface area contributed by atoms with Crippen molar-refractivity contribution in [3.05, 3.63) is 42.2 Å². The molecule has 1 atom stereocenters. The van der Waals surface area contributed by atoms with Crippen molar-refractivity contribution in [2.75, 3.05) is 13.1 Å². The van der Waals surface area contributed by atoms with Crippen molar-refractivity contribution in [2.45, 2.75) is 32.6 Å². The van der Waals surface area contributed by atoms with Crippen molar-refractivity contribution in [2.24, 2.45) is 5.92 Å². The van der Waals surface area contributed by atoms with Crippen LogP contribution < -0.4 is 0 Å². The van der Waals surface area contributed by atoms with E-state index in [9.17, 15) is 4.79 Å². The van der Waals surface area contributed by atoms with E-state index >= 15 is 0 Å². The van der Waals surface area contributed by atoms with Crippen LogP contribution in [0.1, 0.15) is 31.9 Å². The number of para-hydroxylation sites is 1. The van der Waals surface area contributed by atoms with Gasteiger partial charge in [-0.25, -0.2) is 0 Å². The number of hydrogen-bond acceptors (Lipinski definition) is 2. The standard InChI is InChI=1S/C20H23N3O/c1-14-5-4-10-23(13-14)20(24)9-8-15-11-17-16-6-2-3-7-18(16)22-19(17)12-21-15/h2-3,6-7,11-12,14,22H,4-5,8-10,13H2,1H3. The van der Waals surface area contributed by atoms with Gasteiger partial charge in [-0.15, -0.1) is 0 Å². The molecule has 1 fully saturated rings.